The van der Waals surface area contributed by atoms with E-state index in [0.29, 0.717) is 6.42 Å². The lowest BCUT2D eigenvalue weighted by Gasteiger charge is -2.32. The van der Waals surface area contributed by atoms with Crippen molar-refractivity contribution in [1.29, 1.82) is 0 Å². The van der Waals surface area contributed by atoms with E-state index < -0.39 is 59.0 Å². The summed E-state index contributed by atoms with van der Waals surface area (Å²) < 4.78 is 56.7. The van der Waals surface area contributed by atoms with Crippen LogP contribution in [0.4, 0.5) is 13.6 Å². The number of rotatable bonds is 8. The van der Waals surface area contributed by atoms with Gasteiger partial charge in [-0.25, -0.2) is 18.4 Å². The van der Waals surface area contributed by atoms with Crippen molar-refractivity contribution in [2.45, 2.75) is 97.8 Å². The predicted octanol–water partition coefficient (Wildman–Crippen LogP) is 5.87. The zero-order valence-electron chi connectivity index (χ0n) is 21.3. The molecule has 0 aliphatic carbocycles. The normalized spacial score (nSPS) is 16.9. The number of esters is 1. The van der Waals surface area contributed by atoms with Crippen LogP contribution in [0.15, 0.2) is 6.07 Å². The van der Waals surface area contributed by atoms with Crippen LogP contribution in [0.3, 0.4) is 0 Å². The van der Waals surface area contributed by atoms with Crippen molar-refractivity contribution in [3.8, 4) is 5.75 Å². The molecule has 1 saturated heterocycles. The second-order valence-corrected chi connectivity index (χ2v) is 10.3. The van der Waals surface area contributed by atoms with Gasteiger partial charge in [0.15, 0.2) is 17.4 Å². The highest BCUT2D eigenvalue weighted by Gasteiger charge is 2.50. The summed E-state index contributed by atoms with van der Waals surface area (Å²) in [6, 6.07) is 0.892. The van der Waals surface area contributed by atoms with Gasteiger partial charge in [-0.1, -0.05) is 13.3 Å². The number of carbonyl (C=O) groups is 2. The topological polar surface area (TPSA) is 80.3 Å². The van der Waals surface area contributed by atoms with Crippen LogP contribution in [-0.2, 0) is 25.2 Å². The Bertz CT molecular complexity index is 894. The Hall–Kier alpha value is -2.20. The van der Waals surface area contributed by atoms with E-state index in [2.05, 4.69) is 0 Å². The van der Waals surface area contributed by atoms with E-state index in [9.17, 15) is 18.4 Å². The SMILES string of the molecule is CCCCOC(=O)c1c(F)c(F)cc(CCB2OC(C)(C)C(C)(C)O2)c1OC(=O)OC(C)(C)C. The zero-order chi connectivity index (χ0) is 25.9. The second-order valence-electron chi connectivity index (χ2n) is 10.3. The van der Waals surface area contributed by atoms with E-state index in [-0.39, 0.29) is 24.9 Å². The Morgan fingerprint density at radius 3 is 2.21 bits per heavy atom. The third-order valence-electron chi connectivity index (χ3n) is 5.71. The zero-order valence-corrected chi connectivity index (χ0v) is 21.3. The molecule has 0 bridgehead atoms. The lowest BCUT2D eigenvalue weighted by atomic mass is 9.81. The molecular formula is C24H35BF2O7. The first-order chi connectivity index (χ1) is 15.6. The maximum absolute atomic E-state index is 14.8. The number of unbranched alkanes of at least 4 members (excludes halogenated alkanes) is 1. The maximum Gasteiger partial charge on any atom is 0.514 e. The highest BCUT2D eigenvalue weighted by atomic mass is 19.2. The number of benzene rings is 1. The molecule has 0 spiro atoms. The summed E-state index contributed by atoms with van der Waals surface area (Å²) >= 11 is 0. The van der Waals surface area contributed by atoms with E-state index in [0.717, 1.165) is 12.5 Å². The maximum atomic E-state index is 14.8. The van der Waals surface area contributed by atoms with Crippen LogP contribution >= 0.6 is 0 Å². The second kappa shape index (κ2) is 10.6. The monoisotopic (exact) mass is 484 g/mol. The van der Waals surface area contributed by atoms with Crippen molar-refractivity contribution in [2.24, 2.45) is 0 Å². The number of hydrogen-bond donors (Lipinski definition) is 0. The van der Waals surface area contributed by atoms with Crippen LogP contribution in [-0.4, -0.2) is 42.7 Å². The first-order valence-corrected chi connectivity index (χ1v) is 11.5. The van der Waals surface area contributed by atoms with E-state index in [1.807, 2.05) is 34.6 Å². The fourth-order valence-electron chi connectivity index (χ4n) is 3.24. The van der Waals surface area contributed by atoms with Gasteiger partial charge in [-0.05, 0) is 79.3 Å². The van der Waals surface area contributed by atoms with E-state index in [1.165, 1.54) is 0 Å². The molecule has 0 amide bonds. The lowest BCUT2D eigenvalue weighted by molar-refractivity contribution is 0.00578. The van der Waals surface area contributed by atoms with E-state index in [1.54, 1.807) is 20.8 Å². The molecule has 0 atom stereocenters. The third-order valence-corrected chi connectivity index (χ3v) is 5.71. The molecule has 1 heterocycles. The fraction of sp³-hybridized carbons (Fsp3) is 0.667. The summed E-state index contributed by atoms with van der Waals surface area (Å²) in [6.07, 6.45) is 0.436. The first kappa shape index (κ1) is 28.0. The average Bonchev–Trinajstić information content (AvgIpc) is 2.88. The predicted molar refractivity (Wildman–Crippen MR) is 123 cm³/mol. The number of carbonyl (C=O) groups excluding carboxylic acids is 2. The van der Waals surface area contributed by atoms with Crippen LogP contribution in [0.5, 0.6) is 5.75 Å². The van der Waals surface area contributed by atoms with Gasteiger partial charge in [0, 0.05) is 0 Å². The van der Waals surface area contributed by atoms with Gasteiger partial charge < -0.3 is 23.5 Å². The Morgan fingerprint density at radius 2 is 1.68 bits per heavy atom. The van der Waals surface area contributed by atoms with Crippen molar-refractivity contribution in [3.05, 3.63) is 28.8 Å². The summed E-state index contributed by atoms with van der Waals surface area (Å²) in [5, 5.41) is 0. The summed E-state index contributed by atoms with van der Waals surface area (Å²) in [5.41, 5.74) is -2.75. The molecule has 190 valence electrons. The Kier molecular flexibility index (Phi) is 8.75. The largest absolute Gasteiger partial charge is 0.514 e. The summed E-state index contributed by atoms with van der Waals surface area (Å²) in [7, 11) is -0.632. The van der Waals surface area contributed by atoms with Gasteiger partial charge in [0.25, 0.3) is 0 Å². The van der Waals surface area contributed by atoms with Gasteiger partial charge in [-0.15, -0.1) is 0 Å². The van der Waals surface area contributed by atoms with Crippen molar-refractivity contribution in [3.63, 3.8) is 0 Å². The molecule has 1 aliphatic rings. The minimum atomic E-state index is -1.46. The molecule has 1 aromatic rings. The standard InChI is InChI=1S/C24H35BF2O7/c1-9-10-13-30-20(28)17-18(27)16(26)14-15(19(17)31-21(29)32-22(2,3)4)11-12-25-33-23(5,6)24(7,8)34-25/h14H,9-13H2,1-8H3. The fourth-order valence-corrected chi connectivity index (χ4v) is 3.24. The molecule has 7 nitrogen and oxygen atoms in total. The molecule has 0 saturated carbocycles. The lowest BCUT2D eigenvalue weighted by Crippen LogP contribution is -2.41. The van der Waals surface area contributed by atoms with Crippen molar-refractivity contribution < 1.29 is 41.9 Å². The Labute approximate surface area is 200 Å². The van der Waals surface area contributed by atoms with Crippen LogP contribution < -0.4 is 4.74 Å². The van der Waals surface area contributed by atoms with Crippen LogP contribution in [0.2, 0.25) is 6.32 Å². The molecule has 2 rings (SSSR count). The van der Waals surface area contributed by atoms with Gasteiger partial charge in [0.1, 0.15) is 11.2 Å². The highest BCUT2D eigenvalue weighted by Crippen LogP contribution is 2.39. The Balaban J connectivity index is 2.39. The van der Waals surface area contributed by atoms with Gasteiger partial charge in [-0.2, -0.15) is 0 Å². The van der Waals surface area contributed by atoms with Crippen LogP contribution in [0.1, 0.15) is 84.2 Å². The number of ether oxygens (including phenoxy) is 3. The van der Waals surface area contributed by atoms with Gasteiger partial charge >= 0.3 is 19.2 Å². The van der Waals surface area contributed by atoms with Crippen molar-refractivity contribution in [1.82, 2.24) is 0 Å². The van der Waals surface area contributed by atoms with Crippen molar-refractivity contribution >= 4 is 19.2 Å². The molecular weight excluding hydrogens is 449 g/mol. The van der Waals surface area contributed by atoms with Gasteiger partial charge in [0.2, 0.25) is 0 Å². The van der Waals surface area contributed by atoms with E-state index >= 15 is 0 Å². The average molecular weight is 484 g/mol. The molecule has 1 aromatic carbocycles. The quantitative estimate of drug-likeness (QED) is 0.198. The van der Waals surface area contributed by atoms with Crippen molar-refractivity contribution in [2.75, 3.05) is 6.61 Å². The molecule has 0 N–H and O–H groups in total. The molecule has 1 aliphatic heterocycles. The van der Waals surface area contributed by atoms with Crippen LogP contribution in [0, 0.1) is 11.6 Å². The third kappa shape index (κ3) is 6.91. The smallest absolute Gasteiger partial charge is 0.462 e. The number of halogens is 2. The van der Waals surface area contributed by atoms with Crippen LogP contribution in [0.25, 0.3) is 0 Å². The summed E-state index contributed by atoms with van der Waals surface area (Å²) in [6.45, 7) is 14.4. The van der Waals surface area contributed by atoms with Gasteiger partial charge in [0.05, 0.1) is 17.8 Å². The van der Waals surface area contributed by atoms with Gasteiger partial charge in [-0.3, -0.25) is 0 Å². The molecule has 0 unspecified atom stereocenters. The summed E-state index contributed by atoms with van der Waals surface area (Å²) in [4.78, 5) is 25.0. The molecule has 34 heavy (non-hydrogen) atoms. The molecule has 1 fully saturated rings. The minimum absolute atomic E-state index is 0.0143. The Morgan fingerprint density at radius 1 is 1.09 bits per heavy atom. The molecule has 0 radical (unpaired) electrons. The summed E-state index contributed by atoms with van der Waals surface area (Å²) in [5.74, 6) is -4.28. The number of hydrogen-bond acceptors (Lipinski definition) is 7. The van der Waals surface area contributed by atoms with E-state index in [4.69, 9.17) is 23.5 Å². The number of aryl methyl sites for hydroxylation is 1. The molecule has 10 heteroatoms. The first-order valence-electron chi connectivity index (χ1n) is 11.5. The minimum Gasteiger partial charge on any atom is -0.462 e. The highest BCUT2D eigenvalue weighted by molar-refractivity contribution is 6.45. The molecule has 0 aromatic heterocycles.